The predicted molar refractivity (Wildman–Crippen MR) is 160 cm³/mol. The molecule has 0 spiro atoms. The molecule has 38 heavy (non-hydrogen) atoms. The second-order valence-corrected chi connectivity index (χ2v) is 10.4. The molecule has 2 heteroatoms. The average Bonchev–Trinajstić information content (AvgIpc) is 3.26. The zero-order valence-electron chi connectivity index (χ0n) is 22.5. The molecule has 186 valence electrons. The van der Waals surface area contributed by atoms with E-state index < -0.39 is 0 Å². The van der Waals surface area contributed by atoms with E-state index in [2.05, 4.69) is 158 Å². The zero-order valence-corrected chi connectivity index (χ0v) is 22.5. The Balaban J connectivity index is 1.76. The summed E-state index contributed by atoms with van der Waals surface area (Å²) in [7, 11) is 2.20. The van der Waals surface area contributed by atoms with Crippen molar-refractivity contribution in [2.24, 2.45) is 7.05 Å². The SMILES string of the molecule is Cc1ccccc1-c1n(-c2cc(-c3ccccc3)cc(-c3ccccc3)c2)c2c(C(C)C)cccc2[n+]1C. The molecular formula is C36H33N2+. The fraction of sp³-hybridized carbons (Fsp3) is 0.139. The lowest BCUT2D eigenvalue weighted by Gasteiger charge is -2.13. The second kappa shape index (κ2) is 9.79. The van der Waals surface area contributed by atoms with Crippen LogP contribution in [-0.2, 0) is 7.05 Å². The van der Waals surface area contributed by atoms with Crippen molar-refractivity contribution in [1.82, 2.24) is 4.57 Å². The van der Waals surface area contributed by atoms with Gasteiger partial charge < -0.3 is 0 Å². The van der Waals surface area contributed by atoms with Crippen molar-refractivity contribution in [2.45, 2.75) is 26.7 Å². The van der Waals surface area contributed by atoms with Crippen molar-refractivity contribution >= 4 is 11.0 Å². The van der Waals surface area contributed by atoms with Crippen molar-refractivity contribution in [2.75, 3.05) is 0 Å². The molecule has 1 aromatic heterocycles. The minimum absolute atomic E-state index is 0.392. The first-order valence-corrected chi connectivity index (χ1v) is 13.4. The standard InChI is InChI=1S/C36H33N2/c1-25(2)32-20-13-21-34-35(32)38(36(37(34)4)33-19-12-11-14-26(33)3)31-23-29(27-15-7-5-8-16-27)22-30(24-31)28-17-9-6-10-18-28/h5-25H,1-4H3/q+1. The van der Waals surface area contributed by atoms with Crippen LogP contribution in [0.1, 0.15) is 30.9 Å². The molecule has 0 saturated heterocycles. The third-order valence-corrected chi connectivity index (χ3v) is 7.56. The maximum atomic E-state index is 2.49. The fourth-order valence-electron chi connectivity index (χ4n) is 5.61. The van der Waals surface area contributed by atoms with Gasteiger partial charge in [0.15, 0.2) is 11.0 Å². The van der Waals surface area contributed by atoms with E-state index in [0.29, 0.717) is 5.92 Å². The van der Waals surface area contributed by atoms with Crippen molar-refractivity contribution in [3.05, 3.63) is 132 Å². The van der Waals surface area contributed by atoms with Crippen LogP contribution in [0, 0.1) is 6.92 Å². The van der Waals surface area contributed by atoms with Gasteiger partial charge in [-0.1, -0.05) is 105 Å². The summed E-state index contributed by atoms with van der Waals surface area (Å²) >= 11 is 0. The molecule has 0 radical (unpaired) electrons. The lowest BCUT2D eigenvalue weighted by atomic mass is 9.97. The lowest BCUT2D eigenvalue weighted by molar-refractivity contribution is -0.633. The number of imidazole rings is 1. The summed E-state index contributed by atoms with van der Waals surface area (Å²) in [6.45, 7) is 6.78. The highest BCUT2D eigenvalue weighted by molar-refractivity contribution is 5.85. The monoisotopic (exact) mass is 493 g/mol. The van der Waals surface area contributed by atoms with Crippen LogP contribution in [0.25, 0.3) is 50.4 Å². The molecule has 1 heterocycles. The van der Waals surface area contributed by atoms with Crippen LogP contribution < -0.4 is 4.57 Å². The Kier molecular flexibility index (Phi) is 6.17. The Morgan fingerprint density at radius 2 is 1.18 bits per heavy atom. The molecular weight excluding hydrogens is 460 g/mol. The van der Waals surface area contributed by atoms with E-state index in [1.807, 2.05) is 0 Å². The molecule has 0 aliphatic carbocycles. The lowest BCUT2D eigenvalue weighted by Crippen LogP contribution is -2.30. The summed E-state index contributed by atoms with van der Waals surface area (Å²) < 4.78 is 4.85. The predicted octanol–water partition coefficient (Wildman–Crippen LogP) is 8.89. The first-order chi connectivity index (χ1) is 18.5. The van der Waals surface area contributed by atoms with Crippen LogP contribution in [0.2, 0.25) is 0 Å². The third-order valence-electron chi connectivity index (χ3n) is 7.56. The largest absolute Gasteiger partial charge is 0.295 e. The molecule has 2 nitrogen and oxygen atoms in total. The second-order valence-electron chi connectivity index (χ2n) is 10.4. The van der Waals surface area contributed by atoms with Crippen molar-refractivity contribution in [1.29, 1.82) is 0 Å². The van der Waals surface area contributed by atoms with Crippen LogP contribution in [0.3, 0.4) is 0 Å². The van der Waals surface area contributed by atoms with Gasteiger partial charge in [0.1, 0.15) is 5.69 Å². The Hall–Kier alpha value is -4.43. The van der Waals surface area contributed by atoms with Crippen molar-refractivity contribution < 1.29 is 4.57 Å². The van der Waals surface area contributed by atoms with E-state index in [0.717, 1.165) is 0 Å². The van der Waals surface area contributed by atoms with Gasteiger partial charge in [-0.3, -0.25) is 0 Å². The minimum atomic E-state index is 0.392. The van der Waals surface area contributed by atoms with Crippen LogP contribution in [0.15, 0.2) is 121 Å². The Labute approximate surface area is 225 Å². The summed E-state index contributed by atoms with van der Waals surface area (Å²) in [5, 5.41) is 0. The molecule has 0 aliphatic rings. The van der Waals surface area contributed by atoms with Gasteiger partial charge in [-0.05, 0) is 71.0 Å². The molecule has 0 amide bonds. The summed E-state index contributed by atoms with van der Waals surface area (Å²) in [6, 6.07) is 43.9. The minimum Gasteiger partial charge on any atom is -0.225 e. The number of rotatable bonds is 5. The van der Waals surface area contributed by atoms with Crippen molar-refractivity contribution in [3.8, 4) is 39.3 Å². The van der Waals surface area contributed by atoms with E-state index in [-0.39, 0.29) is 0 Å². The molecule has 0 atom stereocenters. The van der Waals surface area contributed by atoms with Gasteiger partial charge in [0, 0.05) is 5.56 Å². The molecule has 5 aromatic carbocycles. The van der Waals surface area contributed by atoms with Crippen LogP contribution >= 0.6 is 0 Å². The molecule has 0 unspecified atom stereocenters. The van der Waals surface area contributed by atoms with Crippen molar-refractivity contribution in [3.63, 3.8) is 0 Å². The van der Waals surface area contributed by atoms with Gasteiger partial charge in [-0.25, -0.2) is 4.57 Å². The van der Waals surface area contributed by atoms with Crippen LogP contribution in [0.4, 0.5) is 0 Å². The smallest absolute Gasteiger partial charge is 0.225 e. The first-order valence-electron chi connectivity index (χ1n) is 13.4. The number of hydrogen-bond acceptors (Lipinski definition) is 0. The first kappa shape index (κ1) is 23.9. The Bertz CT molecular complexity index is 1680. The maximum Gasteiger partial charge on any atom is 0.295 e. The number of para-hydroxylation sites is 1. The number of benzene rings is 5. The van der Waals surface area contributed by atoms with E-state index in [1.54, 1.807) is 0 Å². The number of aryl methyl sites for hydroxylation is 2. The normalized spacial score (nSPS) is 11.4. The summed E-state index contributed by atoms with van der Waals surface area (Å²) in [5.41, 5.74) is 12.4. The summed E-state index contributed by atoms with van der Waals surface area (Å²) in [6.07, 6.45) is 0. The third kappa shape index (κ3) is 4.13. The topological polar surface area (TPSA) is 8.81 Å². The van der Waals surface area contributed by atoms with Gasteiger partial charge in [0.2, 0.25) is 0 Å². The average molecular weight is 494 g/mol. The van der Waals surface area contributed by atoms with E-state index in [9.17, 15) is 0 Å². The quantitative estimate of drug-likeness (QED) is 0.212. The molecule has 0 N–H and O–H groups in total. The molecule has 0 bridgehead atoms. The fourth-order valence-corrected chi connectivity index (χ4v) is 5.61. The molecule has 0 fully saturated rings. The van der Waals surface area contributed by atoms with Gasteiger partial charge >= 0.3 is 0 Å². The molecule has 6 aromatic rings. The Morgan fingerprint density at radius 3 is 1.76 bits per heavy atom. The zero-order chi connectivity index (χ0) is 26.2. The number of nitrogens with zero attached hydrogens (tertiary/aromatic N) is 2. The summed E-state index contributed by atoms with van der Waals surface area (Å²) in [4.78, 5) is 0. The number of hydrogen-bond donors (Lipinski definition) is 0. The van der Waals surface area contributed by atoms with Crippen LogP contribution in [-0.4, -0.2) is 4.57 Å². The molecule has 0 aliphatic heterocycles. The van der Waals surface area contributed by atoms with Crippen LogP contribution in [0.5, 0.6) is 0 Å². The van der Waals surface area contributed by atoms with E-state index >= 15 is 0 Å². The summed E-state index contributed by atoms with van der Waals surface area (Å²) in [5.74, 6) is 1.58. The highest BCUT2D eigenvalue weighted by Crippen LogP contribution is 2.36. The highest BCUT2D eigenvalue weighted by atomic mass is 15.2. The molecule has 6 rings (SSSR count). The maximum absolute atomic E-state index is 2.49. The highest BCUT2D eigenvalue weighted by Gasteiger charge is 2.30. The van der Waals surface area contributed by atoms with Gasteiger partial charge in [-0.2, -0.15) is 4.57 Å². The molecule has 0 saturated carbocycles. The van der Waals surface area contributed by atoms with E-state index in [1.165, 1.54) is 61.5 Å². The van der Waals surface area contributed by atoms with Gasteiger partial charge in [0.05, 0.1) is 12.6 Å². The number of fused-ring (bicyclic) bond motifs is 1. The van der Waals surface area contributed by atoms with Gasteiger partial charge in [-0.15, -0.1) is 0 Å². The van der Waals surface area contributed by atoms with Gasteiger partial charge in [0.25, 0.3) is 5.82 Å². The number of aromatic nitrogens is 2. The van der Waals surface area contributed by atoms with E-state index in [4.69, 9.17) is 0 Å². The Morgan fingerprint density at radius 1 is 0.605 bits per heavy atom.